The van der Waals surface area contributed by atoms with E-state index >= 15 is 0 Å². The molecule has 1 saturated heterocycles. The second-order valence-electron chi connectivity index (χ2n) is 4.99. The molecule has 0 bridgehead atoms. The van der Waals surface area contributed by atoms with Crippen molar-refractivity contribution in [3.8, 4) is 0 Å². The van der Waals surface area contributed by atoms with Crippen molar-refractivity contribution in [1.82, 2.24) is 15.2 Å². The highest BCUT2D eigenvalue weighted by atomic mass is 32.1. The van der Waals surface area contributed by atoms with E-state index in [0.29, 0.717) is 13.2 Å². The summed E-state index contributed by atoms with van der Waals surface area (Å²) in [5, 5.41) is 8.82. The predicted molar refractivity (Wildman–Crippen MR) is 76.0 cm³/mol. The third-order valence-corrected chi connectivity index (χ3v) is 4.37. The first-order valence-corrected chi connectivity index (χ1v) is 7.66. The molecule has 0 saturated carbocycles. The number of alkyl halides is 2. The number of hydrogen-bond acceptors (Lipinski definition) is 5. The molecule has 1 amide bonds. The minimum Gasteiger partial charge on any atom is -0.381 e. The van der Waals surface area contributed by atoms with E-state index in [2.05, 4.69) is 20.5 Å². The molecule has 1 aliphatic heterocycles. The first-order chi connectivity index (χ1) is 10.6. The van der Waals surface area contributed by atoms with Gasteiger partial charge in [0.2, 0.25) is 0 Å². The Labute approximate surface area is 128 Å². The summed E-state index contributed by atoms with van der Waals surface area (Å²) in [5.74, 6) is -4.70. The van der Waals surface area contributed by atoms with E-state index in [1.807, 2.05) is 0 Å². The second kappa shape index (κ2) is 6.09. The molecule has 1 fully saturated rings. The van der Waals surface area contributed by atoms with Crippen molar-refractivity contribution in [1.29, 1.82) is 0 Å². The Kier molecular flexibility index (Phi) is 4.16. The van der Waals surface area contributed by atoms with Gasteiger partial charge in [-0.25, -0.2) is 0 Å². The molecule has 0 aromatic carbocycles. The van der Waals surface area contributed by atoms with Crippen LogP contribution in [0.15, 0.2) is 17.8 Å². The fourth-order valence-electron chi connectivity index (χ4n) is 2.30. The molecule has 0 aliphatic carbocycles. The molecule has 0 unspecified atom stereocenters. The van der Waals surface area contributed by atoms with Crippen LogP contribution in [0.4, 0.5) is 14.6 Å². The molecule has 3 rings (SSSR count). The van der Waals surface area contributed by atoms with Gasteiger partial charge in [-0.15, -0.1) is 11.3 Å². The van der Waals surface area contributed by atoms with E-state index in [4.69, 9.17) is 4.74 Å². The Bertz CT molecular complexity index is 638. The highest BCUT2D eigenvalue weighted by Crippen LogP contribution is 2.32. The number of rotatable bonds is 4. The van der Waals surface area contributed by atoms with Gasteiger partial charge in [0.25, 0.3) is 0 Å². The molecule has 2 aromatic rings. The predicted octanol–water partition coefficient (Wildman–Crippen LogP) is 2.49. The molecule has 2 N–H and O–H groups in total. The second-order valence-corrected chi connectivity index (χ2v) is 5.88. The van der Waals surface area contributed by atoms with Gasteiger partial charge in [0.05, 0.1) is 5.51 Å². The van der Waals surface area contributed by atoms with E-state index < -0.39 is 16.7 Å². The lowest BCUT2D eigenvalue weighted by atomic mass is 9.97. The summed E-state index contributed by atoms with van der Waals surface area (Å²) in [6, 6.07) is 1.59. The molecule has 3 heterocycles. The monoisotopic (exact) mass is 328 g/mol. The highest BCUT2D eigenvalue weighted by Gasteiger charge is 2.42. The number of aromatic amines is 1. The number of halogens is 2. The Balaban J connectivity index is 1.68. The first kappa shape index (κ1) is 15.0. The van der Waals surface area contributed by atoms with Crippen LogP contribution in [0.3, 0.4) is 0 Å². The van der Waals surface area contributed by atoms with Crippen molar-refractivity contribution in [2.45, 2.75) is 24.7 Å². The lowest BCUT2D eigenvalue weighted by molar-refractivity contribution is -0.140. The van der Waals surface area contributed by atoms with Crippen molar-refractivity contribution in [3.63, 3.8) is 0 Å². The molecule has 118 valence electrons. The van der Waals surface area contributed by atoms with Gasteiger partial charge in [-0.1, -0.05) is 0 Å². The van der Waals surface area contributed by atoms with Gasteiger partial charge >= 0.3 is 11.8 Å². The van der Waals surface area contributed by atoms with E-state index in [0.717, 1.165) is 36.1 Å². The van der Waals surface area contributed by atoms with E-state index in [1.54, 1.807) is 6.07 Å². The number of amides is 1. The van der Waals surface area contributed by atoms with Gasteiger partial charge < -0.3 is 10.1 Å². The van der Waals surface area contributed by atoms with Crippen LogP contribution in [0.25, 0.3) is 0 Å². The van der Waals surface area contributed by atoms with Crippen LogP contribution in [0, 0.1) is 0 Å². The maximum absolute atomic E-state index is 13.9. The SMILES string of the molecule is O=C(Nc1cc(C2CCOCC2)[nH]n1)C(F)(F)c1cncs1. The maximum atomic E-state index is 13.9. The topological polar surface area (TPSA) is 79.9 Å². The number of nitrogens with zero attached hydrogens (tertiary/aromatic N) is 2. The summed E-state index contributed by atoms with van der Waals surface area (Å²) in [5.41, 5.74) is 2.08. The zero-order chi connectivity index (χ0) is 15.6. The summed E-state index contributed by atoms with van der Waals surface area (Å²) >= 11 is 0.733. The molecule has 2 aromatic heterocycles. The molecule has 0 atom stereocenters. The average Bonchev–Trinajstić information content (AvgIpc) is 3.20. The molecule has 0 spiro atoms. The van der Waals surface area contributed by atoms with E-state index in [9.17, 15) is 13.6 Å². The van der Waals surface area contributed by atoms with Crippen LogP contribution < -0.4 is 5.32 Å². The van der Waals surface area contributed by atoms with Gasteiger partial charge in [0, 0.05) is 37.1 Å². The van der Waals surface area contributed by atoms with E-state index in [-0.39, 0.29) is 11.7 Å². The number of anilines is 1. The number of aromatic nitrogens is 3. The molecular formula is C13H14F2N4O2S. The molecule has 1 aliphatic rings. The zero-order valence-corrected chi connectivity index (χ0v) is 12.3. The minimum atomic E-state index is -3.63. The molecule has 9 heteroatoms. The number of thiazole rings is 1. The van der Waals surface area contributed by atoms with Gasteiger partial charge in [-0.2, -0.15) is 13.9 Å². The molecule has 0 radical (unpaired) electrons. The highest BCUT2D eigenvalue weighted by molar-refractivity contribution is 7.09. The first-order valence-electron chi connectivity index (χ1n) is 6.78. The van der Waals surface area contributed by atoms with Crippen LogP contribution in [-0.2, 0) is 15.5 Å². The third-order valence-electron chi connectivity index (χ3n) is 3.53. The standard InChI is InChI=1S/C13H14F2N4O2S/c14-13(15,10-6-16-7-22-10)12(20)17-11-5-9(18-19-11)8-1-3-21-4-2-8/h5-8H,1-4H2,(H2,17,18,19,20). The quantitative estimate of drug-likeness (QED) is 0.904. The van der Waals surface area contributed by atoms with Crippen LogP contribution in [0.2, 0.25) is 0 Å². The van der Waals surface area contributed by atoms with Crippen molar-refractivity contribution >= 4 is 23.1 Å². The summed E-state index contributed by atoms with van der Waals surface area (Å²) in [4.78, 5) is 14.9. The van der Waals surface area contributed by atoms with Crippen molar-refractivity contribution < 1.29 is 18.3 Å². The Hall–Kier alpha value is -1.87. The lowest BCUT2D eigenvalue weighted by Crippen LogP contribution is -2.31. The Morgan fingerprint density at radius 3 is 2.91 bits per heavy atom. The van der Waals surface area contributed by atoms with Crippen LogP contribution >= 0.6 is 11.3 Å². The molecule has 22 heavy (non-hydrogen) atoms. The number of ether oxygens (including phenoxy) is 1. The normalized spacial score (nSPS) is 16.6. The van der Waals surface area contributed by atoms with Crippen molar-refractivity contribution in [2.75, 3.05) is 18.5 Å². The van der Waals surface area contributed by atoms with Crippen LogP contribution in [-0.4, -0.2) is 34.3 Å². The van der Waals surface area contributed by atoms with Gasteiger partial charge in [-0.05, 0) is 12.8 Å². The Morgan fingerprint density at radius 2 is 2.23 bits per heavy atom. The van der Waals surface area contributed by atoms with Crippen LogP contribution in [0.1, 0.15) is 29.3 Å². The fraction of sp³-hybridized carbons (Fsp3) is 0.462. The number of H-pyrrole nitrogens is 1. The van der Waals surface area contributed by atoms with Crippen molar-refractivity contribution in [3.05, 3.63) is 28.3 Å². The summed E-state index contributed by atoms with van der Waals surface area (Å²) in [7, 11) is 0. The van der Waals surface area contributed by atoms with Gasteiger partial charge in [0.15, 0.2) is 5.82 Å². The molecular weight excluding hydrogens is 314 g/mol. The zero-order valence-electron chi connectivity index (χ0n) is 11.5. The smallest absolute Gasteiger partial charge is 0.360 e. The van der Waals surface area contributed by atoms with Crippen molar-refractivity contribution in [2.24, 2.45) is 0 Å². The fourth-order valence-corrected chi connectivity index (χ4v) is 2.89. The summed E-state index contributed by atoms with van der Waals surface area (Å²) < 4.78 is 33.1. The Morgan fingerprint density at radius 1 is 1.45 bits per heavy atom. The largest absolute Gasteiger partial charge is 0.381 e. The number of carbonyl (C=O) groups excluding carboxylic acids is 1. The van der Waals surface area contributed by atoms with Crippen LogP contribution in [0.5, 0.6) is 0 Å². The summed E-state index contributed by atoms with van der Waals surface area (Å²) in [6.45, 7) is 1.32. The summed E-state index contributed by atoms with van der Waals surface area (Å²) in [6.07, 6.45) is 2.67. The number of hydrogen-bond donors (Lipinski definition) is 2. The van der Waals surface area contributed by atoms with E-state index in [1.165, 1.54) is 5.51 Å². The lowest BCUT2D eigenvalue weighted by Gasteiger charge is -2.20. The average molecular weight is 328 g/mol. The van der Waals surface area contributed by atoms with Gasteiger partial charge in [0.1, 0.15) is 4.88 Å². The van der Waals surface area contributed by atoms with Gasteiger partial charge in [-0.3, -0.25) is 14.9 Å². The minimum absolute atomic E-state index is 0.0932. The molecule has 6 nitrogen and oxygen atoms in total. The number of nitrogens with one attached hydrogen (secondary N) is 2. The number of carbonyl (C=O) groups is 1. The third kappa shape index (κ3) is 3.00. The maximum Gasteiger partial charge on any atom is 0.360 e.